The standard InChI is InChI=1S/C17H25N3O4S/c1-17(2,3)14-13(25-10-18-14)15(22)19(4)9-12(21)20-7-5-6-11(8-20)16(23)24/h10-11H,5-9H2,1-4H3,(H,23,24). The van der Waals surface area contributed by atoms with E-state index in [1.165, 1.54) is 16.2 Å². The number of hydrogen-bond acceptors (Lipinski definition) is 5. The third-order valence-electron chi connectivity index (χ3n) is 4.31. The van der Waals surface area contributed by atoms with Crippen molar-refractivity contribution in [1.82, 2.24) is 14.8 Å². The highest BCUT2D eigenvalue weighted by molar-refractivity contribution is 7.11. The number of carbonyl (C=O) groups is 3. The number of thiazole rings is 1. The molecule has 0 saturated carbocycles. The van der Waals surface area contributed by atoms with Gasteiger partial charge >= 0.3 is 5.97 Å². The maximum atomic E-state index is 12.7. The van der Waals surface area contributed by atoms with E-state index in [4.69, 9.17) is 5.11 Å². The number of carboxylic acids is 1. The van der Waals surface area contributed by atoms with Gasteiger partial charge in [0, 0.05) is 25.6 Å². The molecule has 8 heteroatoms. The van der Waals surface area contributed by atoms with Crippen molar-refractivity contribution in [2.45, 2.75) is 39.0 Å². The lowest BCUT2D eigenvalue weighted by molar-refractivity contribution is -0.145. The van der Waals surface area contributed by atoms with Gasteiger partial charge in [-0.05, 0) is 12.8 Å². The van der Waals surface area contributed by atoms with Gasteiger partial charge in [0.2, 0.25) is 5.91 Å². The van der Waals surface area contributed by atoms with Crippen LogP contribution in [0.4, 0.5) is 0 Å². The Morgan fingerprint density at radius 2 is 2.08 bits per heavy atom. The van der Waals surface area contributed by atoms with Gasteiger partial charge in [-0.2, -0.15) is 0 Å². The minimum Gasteiger partial charge on any atom is -0.481 e. The average Bonchev–Trinajstić information content (AvgIpc) is 3.04. The van der Waals surface area contributed by atoms with E-state index in [0.29, 0.717) is 24.3 Å². The lowest BCUT2D eigenvalue weighted by atomic mass is 9.91. The van der Waals surface area contributed by atoms with Crippen molar-refractivity contribution < 1.29 is 19.5 Å². The minimum atomic E-state index is -0.874. The molecular formula is C17H25N3O4S. The fraction of sp³-hybridized carbons (Fsp3) is 0.647. The number of nitrogens with zero attached hydrogens (tertiary/aromatic N) is 3. The molecule has 0 aliphatic carbocycles. The highest BCUT2D eigenvalue weighted by Crippen LogP contribution is 2.28. The maximum Gasteiger partial charge on any atom is 0.308 e. The van der Waals surface area contributed by atoms with Crippen LogP contribution in [0.3, 0.4) is 0 Å². The van der Waals surface area contributed by atoms with Crippen LogP contribution in [0.2, 0.25) is 0 Å². The molecular weight excluding hydrogens is 342 g/mol. The van der Waals surface area contributed by atoms with E-state index in [2.05, 4.69) is 4.98 Å². The topological polar surface area (TPSA) is 90.8 Å². The van der Waals surface area contributed by atoms with Gasteiger partial charge in [-0.1, -0.05) is 20.8 Å². The van der Waals surface area contributed by atoms with Crippen molar-refractivity contribution in [3.63, 3.8) is 0 Å². The Morgan fingerprint density at radius 3 is 2.68 bits per heavy atom. The molecule has 0 spiro atoms. The molecule has 1 N–H and O–H groups in total. The van der Waals surface area contributed by atoms with Crippen molar-refractivity contribution >= 4 is 29.1 Å². The van der Waals surface area contributed by atoms with Crippen LogP contribution in [0.15, 0.2) is 5.51 Å². The second kappa shape index (κ2) is 7.51. The van der Waals surface area contributed by atoms with E-state index in [-0.39, 0.29) is 30.3 Å². The first-order chi connectivity index (χ1) is 11.6. The molecule has 1 fully saturated rings. The normalized spacial score (nSPS) is 18.1. The number of hydrogen-bond donors (Lipinski definition) is 1. The molecule has 0 bridgehead atoms. The molecule has 1 unspecified atom stereocenters. The first-order valence-electron chi connectivity index (χ1n) is 8.31. The van der Waals surface area contributed by atoms with E-state index >= 15 is 0 Å². The highest BCUT2D eigenvalue weighted by Gasteiger charge is 2.31. The van der Waals surface area contributed by atoms with Gasteiger partial charge in [0.05, 0.1) is 23.7 Å². The summed E-state index contributed by atoms with van der Waals surface area (Å²) in [5.41, 5.74) is 2.12. The summed E-state index contributed by atoms with van der Waals surface area (Å²) in [5, 5.41) is 9.13. The summed E-state index contributed by atoms with van der Waals surface area (Å²) in [4.78, 5) is 44.1. The van der Waals surface area contributed by atoms with E-state index in [1.54, 1.807) is 17.5 Å². The molecule has 1 atom stereocenters. The van der Waals surface area contributed by atoms with Crippen LogP contribution < -0.4 is 0 Å². The highest BCUT2D eigenvalue weighted by atomic mass is 32.1. The summed E-state index contributed by atoms with van der Waals surface area (Å²) in [7, 11) is 1.59. The van der Waals surface area contributed by atoms with Crippen molar-refractivity contribution in [2.75, 3.05) is 26.7 Å². The maximum absolute atomic E-state index is 12.7. The van der Waals surface area contributed by atoms with Gasteiger partial charge in [-0.15, -0.1) is 11.3 Å². The van der Waals surface area contributed by atoms with Gasteiger partial charge in [0.15, 0.2) is 0 Å². The molecule has 2 amide bonds. The smallest absolute Gasteiger partial charge is 0.308 e. The van der Waals surface area contributed by atoms with Crippen LogP contribution in [-0.2, 0) is 15.0 Å². The number of rotatable bonds is 4. The fourth-order valence-electron chi connectivity index (χ4n) is 2.89. The van der Waals surface area contributed by atoms with Gasteiger partial charge in [0.25, 0.3) is 5.91 Å². The molecule has 1 aromatic heterocycles. The third-order valence-corrected chi connectivity index (χ3v) is 5.13. The summed E-state index contributed by atoms with van der Waals surface area (Å²) in [5.74, 6) is -1.84. The summed E-state index contributed by atoms with van der Waals surface area (Å²) in [6.45, 7) is 6.66. The Kier molecular flexibility index (Phi) is 5.82. The summed E-state index contributed by atoms with van der Waals surface area (Å²) >= 11 is 1.27. The molecule has 25 heavy (non-hydrogen) atoms. The second-order valence-electron chi connectivity index (χ2n) is 7.46. The van der Waals surface area contributed by atoms with Crippen molar-refractivity contribution in [2.24, 2.45) is 5.92 Å². The number of aromatic nitrogens is 1. The molecule has 138 valence electrons. The summed E-state index contributed by atoms with van der Waals surface area (Å²) in [6.07, 6.45) is 1.26. The van der Waals surface area contributed by atoms with Crippen LogP contribution in [0.5, 0.6) is 0 Å². The van der Waals surface area contributed by atoms with Crippen molar-refractivity contribution in [1.29, 1.82) is 0 Å². The number of carbonyl (C=O) groups excluding carboxylic acids is 2. The quantitative estimate of drug-likeness (QED) is 0.877. The molecule has 0 radical (unpaired) electrons. The Hall–Kier alpha value is -1.96. The second-order valence-corrected chi connectivity index (χ2v) is 8.31. The van der Waals surface area contributed by atoms with Gasteiger partial charge < -0.3 is 14.9 Å². The first kappa shape index (κ1) is 19.4. The zero-order valence-corrected chi connectivity index (χ0v) is 15.9. The molecule has 1 saturated heterocycles. The predicted molar refractivity (Wildman–Crippen MR) is 94.7 cm³/mol. The van der Waals surface area contributed by atoms with Crippen LogP contribution in [0.25, 0.3) is 0 Å². The number of amides is 2. The zero-order chi connectivity index (χ0) is 18.8. The lowest BCUT2D eigenvalue weighted by Gasteiger charge is -2.32. The number of carboxylic acid groups (broad SMARTS) is 1. The van der Waals surface area contributed by atoms with E-state index in [0.717, 1.165) is 5.69 Å². The van der Waals surface area contributed by atoms with Crippen LogP contribution in [-0.4, -0.2) is 64.4 Å². The largest absolute Gasteiger partial charge is 0.481 e. The van der Waals surface area contributed by atoms with Crippen LogP contribution in [0.1, 0.15) is 49.0 Å². The molecule has 2 heterocycles. The van der Waals surface area contributed by atoms with E-state index < -0.39 is 11.9 Å². The number of aliphatic carboxylic acids is 1. The average molecular weight is 367 g/mol. The summed E-state index contributed by atoms with van der Waals surface area (Å²) in [6, 6.07) is 0. The first-order valence-corrected chi connectivity index (χ1v) is 9.19. The minimum absolute atomic E-state index is 0.0628. The van der Waals surface area contributed by atoms with E-state index in [9.17, 15) is 14.4 Å². The molecule has 1 aliphatic heterocycles. The summed E-state index contributed by atoms with van der Waals surface area (Å²) < 4.78 is 0. The van der Waals surface area contributed by atoms with Crippen LogP contribution >= 0.6 is 11.3 Å². The number of likely N-dealkylation sites (N-methyl/N-ethyl adjacent to an activating group) is 1. The molecule has 1 aromatic rings. The Balaban J connectivity index is 2.03. The number of piperidine rings is 1. The monoisotopic (exact) mass is 367 g/mol. The van der Waals surface area contributed by atoms with Crippen molar-refractivity contribution in [3.8, 4) is 0 Å². The fourth-order valence-corrected chi connectivity index (χ4v) is 3.88. The number of likely N-dealkylation sites (tertiary alicyclic amines) is 1. The SMILES string of the molecule is CN(CC(=O)N1CCCC(C(=O)O)C1)C(=O)c1scnc1C(C)(C)C. The Bertz CT molecular complexity index is 665. The Labute approximate surface area is 151 Å². The van der Waals surface area contributed by atoms with Gasteiger partial charge in [0.1, 0.15) is 4.88 Å². The van der Waals surface area contributed by atoms with Gasteiger partial charge in [-0.25, -0.2) is 4.98 Å². The zero-order valence-electron chi connectivity index (χ0n) is 15.1. The molecule has 0 aromatic carbocycles. The molecule has 2 rings (SSSR count). The van der Waals surface area contributed by atoms with Crippen molar-refractivity contribution in [3.05, 3.63) is 16.1 Å². The van der Waals surface area contributed by atoms with E-state index in [1.807, 2.05) is 20.8 Å². The Morgan fingerprint density at radius 1 is 1.40 bits per heavy atom. The molecule has 7 nitrogen and oxygen atoms in total. The van der Waals surface area contributed by atoms with Gasteiger partial charge in [-0.3, -0.25) is 14.4 Å². The third kappa shape index (κ3) is 4.56. The van der Waals surface area contributed by atoms with Crippen LogP contribution in [0, 0.1) is 5.92 Å². The molecule has 1 aliphatic rings. The predicted octanol–water partition coefficient (Wildman–Crippen LogP) is 1.84. The lowest BCUT2D eigenvalue weighted by Crippen LogP contribution is -2.47.